The number of nitrogens with zero attached hydrogens (tertiary/aromatic N) is 2. The highest BCUT2D eigenvalue weighted by Gasteiger charge is 2.23. The molecule has 2 N–H and O–H groups in total. The van der Waals surface area contributed by atoms with Crippen LogP contribution in [0.3, 0.4) is 0 Å². The van der Waals surface area contributed by atoms with Crippen molar-refractivity contribution in [1.29, 1.82) is 0 Å². The maximum absolute atomic E-state index is 11.9. The van der Waals surface area contributed by atoms with Crippen molar-refractivity contribution in [2.75, 3.05) is 19.8 Å². The molecule has 1 aliphatic rings. The minimum absolute atomic E-state index is 0.00832. The van der Waals surface area contributed by atoms with Gasteiger partial charge in [-0.2, -0.15) is 0 Å². The summed E-state index contributed by atoms with van der Waals surface area (Å²) >= 11 is 1.22. The van der Waals surface area contributed by atoms with Crippen LogP contribution in [0.5, 0.6) is 0 Å². The van der Waals surface area contributed by atoms with Gasteiger partial charge in [-0.25, -0.2) is 14.6 Å². The predicted molar refractivity (Wildman–Crippen MR) is 68.3 cm³/mol. The fourth-order valence-electron chi connectivity index (χ4n) is 1.77. The van der Waals surface area contributed by atoms with E-state index in [0.29, 0.717) is 24.8 Å². The average Bonchev–Trinajstić information content (AvgIpc) is 2.85. The lowest BCUT2D eigenvalue weighted by Gasteiger charge is -2.33. The van der Waals surface area contributed by atoms with Gasteiger partial charge < -0.3 is 20.1 Å². The number of amides is 2. The maximum atomic E-state index is 11.9. The molecule has 1 aliphatic heterocycles. The lowest BCUT2D eigenvalue weighted by atomic mass is 10.3. The monoisotopic (exact) mass is 285 g/mol. The second kappa shape index (κ2) is 5.98. The van der Waals surface area contributed by atoms with Crippen molar-refractivity contribution in [2.45, 2.75) is 19.5 Å². The van der Waals surface area contributed by atoms with E-state index in [1.807, 2.05) is 6.92 Å². The number of aromatic carboxylic acids is 1. The molecule has 1 unspecified atom stereocenters. The summed E-state index contributed by atoms with van der Waals surface area (Å²) in [5, 5.41) is 13.5. The molecular formula is C11H15N3O4S. The Labute approximate surface area is 114 Å². The second-order valence-electron chi connectivity index (χ2n) is 4.21. The zero-order chi connectivity index (χ0) is 13.8. The second-order valence-corrected chi connectivity index (χ2v) is 5.15. The highest BCUT2D eigenvalue weighted by atomic mass is 32.1. The Hall–Kier alpha value is -1.67. The number of carboxylic acids is 1. The van der Waals surface area contributed by atoms with Gasteiger partial charge in [-0.15, -0.1) is 11.3 Å². The zero-order valence-electron chi connectivity index (χ0n) is 10.5. The van der Waals surface area contributed by atoms with Gasteiger partial charge in [0.05, 0.1) is 25.8 Å². The number of aromatic nitrogens is 1. The fourth-order valence-corrected chi connectivity index (χ4v) is 2.48. The molecule has 1 atom stereocenters. The molecule has 2 rings (SSSR count). The molecule has 1 aromatic rings. The third-order valence-corrected chi connectivity index (χ3v) is 3.64. The first kappa shape index (κ1) is 13.8. The van der Waals surface area contributed by atoms with E-state index in [1.54, 1.807) is 4.90 Å². The van der Waals surface area contributed by atoms with Crippen LogP contribution in [0.2, 0.25) is 0 Å². The Morgan fingerprint density at radius 1 is 1.68 bits per heavy atom. The molecule has 0 aromatic carbocycles. The van der Waals surface area contributed by atoms with Crippen LogP contribution >= 0.6 is 11.3 Å². The van der Waals surface area contributed by atoms with Gasteiger partial charge in [0, 0.05) is 11.9 Å². The summed E-state index contributed by atoms with van der Waals surface area (Å²) in [6.45, 7) is 3.79. The number of hydrogen-bond acceptors (Lipinski definition) is 5. The normalized spacial score (nSPS) is 19.2. The molecule has 104 valence electrons. The Morgan fingerprint density at radius 3 is 3.11 bits per heavy atom. The summed E-state index contributed by atoms with van der Waals surface area (Å²) in [6.07, 6.45) is 0. The smallest absolute Gasteiger partial charge is 0.355 e. The standard InChI is InChI=1S/C11H15N3O4S/c1-7-5-18-3-2-14(7)11(17)12-4-9-13-8(6-19-9)10(15)16/h6-7H,2-5H2,1H3,(H,12,17)(H,15,16). The molecule has 0 bridgehead atoms. The molecule has 8 heteroatoms. The molecule has 0 radical (unpaired) electrons. The van der Waals surface area contributed by atoms with Crippen molar-refractivity contribution in [3.8, 4) is 0 Å². The first-order chi connectivity index (χ1) is 9.08. The van der Waals surface area contributed by atoms with Crippen LogP contribution in [0.4, 0.5) is 4.79 Å². The molecule has 19 heavy (non-hydrogen) atoms. The molecule has 0 aliphatic carbocycles. The first-order valence-electron chi connectivity index (χ1n) is 5.88. The van der Waals surface area contributed by atoms with Gasteiger partial charge in [-0.05, 0) is 6.92 Å². The van der Waals surface area contributed by atoms with E-state index >= 15 is 0 Å². The van der Waals surface area contributed by atoms with Crippen LogP contribution < -0.4 is 5.32 Å². The number of carboxylic acid groups (broad SMARTS) is 1. The van der Waals surface area contributed by atoms with Crippen molar-refractivity contribution >= 4 is 23.3 Å². The van der Waals surface area contributed by atoms with Crippen LogP contribution in [0, 0.1) is 0 Å². The van der Waals surface area contributed by atoms with Gasteiger partial charge in [0.25, 0.3) is 0 Å². The summed E-state index contributed by atoms with van der Waals surface area (Å²) in [6, 6.07) is -0.137. The molecule has 1 fully saturated rings. The van der Waals surface area contributed by atoms with Crippen LogP contribution in [0.1, 0.15) is 22.4 Å². The third-order valence-electron chi connectivity index (χ3n) is 2.79. The summed E-state index contributed by atoms with van der Waals surface area (Å²) in [4.78, 5) is 28.2. The van der Waals surface area contributed by atoms with E-state index in [2.05, 4.69) is 10.3 Å². The van der Waals surface area contributed by atoms with Crippen LogP contribution in [0.25, 0.3) is 0 Å². The molecule has 2 heterocycles. The van der Waals surface area contributed by atoms with Gasteiger partial charge in [-0.3, -0.25) is 0 Å². The third kappa shape index (κ3) is 3.42. The minimum atomic E-state index is -1.06. The molecule has 1 saturated heterocycles. The van der Waals surface area contributed by atoms with Gasteiger partial charge >= 0.3 is 12.0 Å². The molecule has 0 saturated carbocycles. The van der Waals surface area contributed by atoms with Crippen molar-refractivity contribution in [3.63, 3.8) is 0 Å². The number of ether oxygens (including phenoxy) is 1. The highest BCUT2D eigenvalue weighted by Crippen LogP contribution is 2.10. The minimum Gasteiger partial charge on any atom is -0.476 e. The van der Waals surface area contributed by atoms with E-state index in [9.17, 15) is 9.59 Å². The molecule has 2 amide bonds. The van der Waals surface area contributed by atoms with E-state index in [-0.39, 0.29) is 24.3 Å². The summed E-state index contributed by atoms with van der Waals surface area (Å²) in [5.74, 6) is -1.06. The maximum Gasteiger partial charge on any atom is 0.355 e. The Morgan fingerprint density at radius 2 is 2.47 bits per heavy atom. The quantitative estimate of drug-likeness (QED) is 0.856. The summed E-state index contributed by atoms with van der Waals surface area (Å²) in [7, 11) is 0. The molecular weight excluding hydrogens is 270 g/mol. The fraction of sp³-hybridized carbons (Fsp3) is 0.545. The number of thiazole rings is 1. The van der Waals surface area contributed by atoms with E-state index < -0.39 is 5.97 Å². The number of nitrogens with one attached hydrogen (secondary N) is 1. The van der Waals surface area contributed by atoms with Gasteiger partial charge in [0.15, 0.2) is 5.69 Å². The van der Waals surface area contributed by atoms with Crippen LogP contribution in [-0.4, -0.2) is 52.8 Å². The Kier molecular flexibility index (Phi) is 4.33. The summed E-state index contributed by atoms with van der Waals surface area (Å²) < 4.78 is 5.26. The highest BCUT2D eigenvalue weighted by molar-refractivity contribution is 7.09. The largest absolute Gasteiger partial charge is 0.476 e. The average molecular weight is 285 g/mol. The number of urea groups is 1. The topological polar surface area (TPSA) is 91.8 Å². The van der Waals surface area contributed by atoms with Crippen molar-refractivity contribution in [3.05, 3.63) is 16.1 Å². The Bertz CT molecular complexity index is 476. The Balaban J connectivity index is 1.87. The number of carbonyl (C=O) groups is 2. The van der Waals surface area contributed by atoms with Gasteiger partial charge in [0.1, 0.15) is 5.01 Å². The zero-order valence-corrected chi connectivity index (χ0v) is 11.3. The van der Waals surface area contributed by atoms with Gasteiger partial charge in [0.2, 0.25) is 0 Å². The number of rotatable bonds is 3. The van der Waals surface area contributed by atoms with Crippen molar-refractivity contribution in [1.82, 2.24) is 15.2 Å². The number of morpholine rings is 1. The SMILES string of the molecule is CC1COCCN1C(=O)NCc1nc(C(=O)O)cs1. The molecule has 7 nitrogen and oxygen atoms in total. The first-order valence-corrected chi connectivity index (χ1v) is 6.76. The summed E-state index contributed by atoms with van der Waals surface area (Å²) in [5.41, 5.74) is 0.00832. The lowest BCUT2D eigenvalue weighted by molar-refractivity contribution is 0.0190. The van der Waals surface area contributed by atoms with Crippen molar-refractivity contribution in [2.24, 2.45) is 0 Å². The van der Waals surface area contributed by atoms with Gasteiger partial charge in [-0.1, -0.05) is 0 Å². The van der Waals surface area contributed by atoms with Crippen LogP contribution in [-0.2, 0) is 11.3 Å². The lowest BCUT2D eigenvalue weighted by Crippen LogP contribution is -2.51. The van der Waals surface area contributed by atoms with E-state index in [0.717, 1.165) is 0 Å². The van der Waals surface area contributed by atoms with Crippen LogP contribution in [0.15, 0.2) is 5.38 Å². The molecule has 1 aromatic heterocycles. The van der Waals surface area contributed by atoms with Crippen molar-refractivity contribution < 1.29 is 19.4 Å². The van der Waals surface area contributed by atoms with E-state index in [1.165, 1.54) is 16.7 Å². The molecule has 0 spiro atoms. The number of hydrogen-bond donors (Lipinski definition) is 2. The number of carbonyl (C=O) groups excluding carboxylic acids is 1. The predicted octanol–water partition coefficient (Wildman–Crippen LogP) is 0.772. The van der Waals surface area contributed by atoms with E-state index in [4.69, 9.17) is 9.84 Å².